The average Bonchev–Trinajstić information content (AvgIpc) is 2.44. The molecule has 0 aliphatic carbocycles. The zero-order valence-electron chi connectivity index (χ0n) is 6.96. The highest BCUT2D eigenvalue weighted by Crippen LogP contribution is 2.29. The maximum atomic E-state index is 10.9. The van der Waals surface area contributed by atoms with Crippen molar-refractivity contribution in [3.05, 3.63) is 29.3 Å². The van der Waals surface area contributed by atoms with E-state index in [-0.39, 0.29) is 5.97 Å². The Bertz CT molecular complexity index is 329. The summed E-state index contributed by atoms with van der Waals surface area (Å²) in [6.45, 7) is 2.06. The Morgan fingerprint density at radius 1 is 1.50 bits per heavy atom. The van der Waals surface area contributed by atoms with Gasteiger partial charge in [0.1, 0.15) is 5.75 Å². The van der Waals surface area contributed by atoms with Crippen molar-refractivity contribution < 1.29 is 9.53 Å². The van der Waals surface area contributed by atoms with Crippen molar-refractivity contribution in [3.8, 4) is 5.75 Å². The van der Waals surface area contributed by atoms with Gasteiger partial charge in [0.2, 0.25) is 0 Å². The Kier molecular flexibility index (Phi) is 1.61. The van der Waals surface area contributed by atoms with E-state index in [0.29, 0.717) is 6.42 Å². The Labute approximate surface area is 71.2 Å². The first-order valence-electron chi connectivity index (χ1n) is 4.12. The summed E-state index contributed by atoms with van der Waals surface area (Å²) in [5.41, 5.74) is 2.15. The highest BCUT2D eigenvalue weighted by Gasteiger charge is 2.21. The molecule has 0 radical (unpaired) electrons. The predicted molar refractivity (Wildman–Crippen MR) is 45.2 cm³/mol. The molecule has 2 rings (SSSR count). The number of para-hydroxylation sites is 1. The first-order valence-corrected chi connectivity index (χ1v) is 4.12. The molecule has 0 saturated heterocycles. The van der Waals surface area contributed by atoms with E-state index in [1.165, 1.54) is 0 Å². The fourth-order valence-corrected chi connectivity index (χ4v) is 1.49. The van der Waals surface area contributed by atoms with Crippen molar-refractivity contribution >= 4 is 5.97 Å². The number of ether oxygens (including phenoxy) is 1. The van der Waals surface area contributed by atoms with Crippen molar-refractivity contribution in [3.63, 3.8) is 0 Å². The third-order valence-corrected chi connectivity index (χ3v) is 2.11. The van der Waals surface area contributed by atoms with E-state index in [0.717, 1.165) is 23.3 Å². The molecule has 1 aliphatic rings. The molecule has 0 unspecified atom stereocenters. The van der Waals surface area contributed by atoms with Crippen LogP contribution in [0.15, 0.2) is 18.2 Å². The molecule has 0 spiro atoms. The highest BCUT2D eigenvalue weighted by molar-refractivity contribution is 5.81. The number of hydrogen-bond acceptors (Lipinski definition) is 2. The van der Waals surface area contributed by atoms with Gasteiger partial charge in [-0.3, -0.25) is 4.79 Å². The molecule has 0 atom stereocenters. The second kappa shape index (κ2) is 2.63. The van der Waals surface area contributed by atoms with E-state index < -0.39 is 0 Å². The van der Waals surface area contributed by atoms with Crippen LogP contribution in [0, 0.1) is 0 Å². The number of carbonyl (C=O) groups is 1. The number of carbonyl (C=O) groups excluding carboxylic acids is 1. The van der Waals surface area contributed by atoms with Gasteiger partial charge in [0.15, 0.2) is 0 Å². The fourth-order valence-electron chi connectivity index (χ4n) is 1.49. The maximum Gasteiger partial charge on any atom is 0.315 e. The summed E-state index contributed by atoms with van der Waals surface area (Å²) in [4.78, 5) is 10.9. The smallest absolute Gasteiger partial charge is 0.315 e. The summed E-state index contributed by atoms with van der Waals surface area (Å²) < 4.78 is 5.09. The number of benzene rings is 1. The van der Waals surface area contributed by atoms with Crippen LogP contribution in [0.25, 0.3) is 0 Å². The normalized spacial score (nSPS) is 14.2. The van der Waals surface area contributed by atoms with Crippen molar-refractivity contribution in [1.29, 1.82) is 0 Å². The van der Waals surface area contributed by atoms with Crippen LogP contribution in [-0.4, -0.2) is 5.97 Å². The lowest BCUT2D eigenvalue weighted by Gasteiger charge is -2.02. The number of rotatable bonds is 1. The largest absolute Gasteiger partial charge is 0.426 e. The minimum Gasteiger partial charge on any atom is -0.426 e. The van der Waals surface area contributed by atoms with Crippen molar-refractivity contribution in [1.82, 2.24) is 0 Å². The number of esters is 1. The van der Waals surface area contributed by atoms with Gasteiger partial charge in [-0.05, 0) is 12.0 Å². The van der Waals surface area contributed by atoms with E-state index in [1.807, 2.05) is 18.2 Å². The molecule has 1 aromatic rings. The number of hydrogen-bond donors (Lipinski definition) is 0. The van der Waals surface area contributed by atoms with Gasteiger partial charge in [-0.1, -0.05) is 25.1 Å². The first-order chi connectivity index (χ1) is 5.81. The van der Waals surface area contributed by atoms with E-state index in [4.69, 9.17) is 4.74 Å². The van der Waals surface area contributed by atoms with Crippen LogP contribution in [0.3, 0.4) is 0 Å². The number of aryl methyl sites for hydroxylation is 1. The fraction of sp³-hybridized carbons (Fsp3) is 0.300. The van der Waals surface area contributed by atoms with Crippen LogP contribution in [0.1, 0.15) is 18.1 Å². The zero-order valence-corrected chi connectivity index (χ0v) is 6.96. The van der Waals surface area contributed by atoms with Gasteiger partial charge in [0, 0.05) is 5.56 Å². The van der Waals surface area contributed by atoms with Gasteiger partial charge >= 0.3 is 5.97 Å². The van der Waals surface area contributed by atoms with E-state index in [9.17, 15) is 4.79 Å². The average molecular weight is 162 g/mol. The summed E-state index contributed by atoms with van der Waals surface area (Å²) in [5, 5.41) is 0. The van der Waals surface area contributed by atoms with Crippen LogP contribution in [0.2, 0.25) is 0 Å². The summed E-state index contributed by atoms with van der Waals surface area (Å²) in [5.74, 6) is 0.663. The van der Waals surface area contributed by atoms with E-state index in [2.05, 4.69) is 6.92 Å². The molecular weight excluding hydrogens is 152 g/mol. The third kappa shape index (κ3) is 0.998. The Balaban J connectivity index is 2.51. The standard InChI is InChI=1S/C10H10O2/c1-2-7-4-3-5-8-6-9(11)12-10(7)8/h3-5H,2,6H2,1H3. The van der Waals surface area contributed by atoms with Gasteiger partial charge in [-0.25, -0.2) is 0 Å². The molecule has 62 valence electrons. The first kappa shape index (κ1) is 7.35. The van der Waals surface area contributed by atoms with Crippen LogP contribution < -0.4 is 4.74 Å². The number of fused-ring (bicyclic) bond motifs is 1. The molecule has 0 amide bonds. The lowest BCUT2D eigenvalue weighted by atomic mass is 10.1. The molecule has 2 nitrogen and oxygen atoms in total. The van der Waals surface area contributed by atoms with Crippen LogP contribution in [-0.2, 0) is 17.6 Å². The van der Waals surface area contributed by atoms with Gasteiger partial charge < -0.3 is 4.74 Å². The summed E-state index contributed by atoms with van der Waals surface area (Å²) in [7, 11) is 0. The van der Waals surface area contributed by atoms with Crippen molar-refractivity contribution in [2.75, 3.05) is 0 Å². The van der Waals surface area contributed by atoms with Gasteiger partial charge in [-0.15, -0.1) is 0 Å². The molecule has 0 bridgehead atoms. The van der Waals surface area contributed by atoms with Crippen molar-refractivity contribution in [2.45, 2.75) is 19.8 Å². The van der Waals surface area contributed by atoms with Crippen molar-refractivity contribution in [2.24, 2.45) is 0 Å². The molecule has 0 saturated carbocycles. The van der Waals surface area contributed by atoms with Crippen LogP contribution in [0.5, 0.6) is 5.75 Å². The second-order valence-corrected chi connectivity index (χ2v) is 2.91. The molecule has 0 N–H and O–H groups in total. The quantitative estimate of drug-likeness (QED) is 0.464. The predicted octanol–water partition coefficient (Wildman–Crippen LogP) is 1.71. The Hall–Kier alpha value is -1.31. The molecule has 0 aromatic heterocycles. The highest BCUT2D eigenvalue weighted by atomic mass is 16.5. The van der Waals surface area contributed by atoms with Crippen LogP contribution in [0.4, 0.5) is 0 Å². The van der Waals surface area contributed by atoms with Gasteiger partial charge in [-0.2, -0.15) is 0 Å². The molecule has 1 aliphatic heterocycles. The third-order valence-electron chi connectivity index (χ3n) is 2.11. The lowest BCUT2D eigenvalue weighted by Crippen LogP contribution is -2.01. The minimum atomic E-state index is -0.133. The Morgan fingerprint density at radius 3 is 3.08 bits per heavy atom. The molecule has 1 aromatic carbocycles. The summed E-state index contributed by atoms with van der Waals surface area (Å²) in [6.07, 6.45) is 1.35. The van der Waals surface area contributed by atoms with Crippen LogP contribution >= 0.6 is 0 Å². The lowest BCUT2D eigenvalue weighted by molar-refractivity contribution is -0.131. The second-order valence-electron chi connectivity index (χ2n) is 2.91. The monoisotopic (exact) mass is 162 g/mol. The van der Waals surface area contributed by atoms with E-state index in [1.54, 1.807) is 0 Å². The molecule has 2 heteroatoms. The minimum absolute atomic E-state index is 0.133. The molecular formula is C10H10O2. The molecule has 0 fully saturated rings. The zero-order chi connectivity index (χ0) is 8.55. The summed E-state index contributed by atoms with van der Waals surface area (Å²) >= 11 is 0. The maximum absolute atomic E-state index is 10.9. The van der Waals surface area contributed by atoms with Gasteiger partial charge in [0.25, 0.3) is 0 Å². The molecule has 1 heterocycles. The summed E-state index contributed by atoms with van der Waals surface area (Å²) in [6, 6.07) is 5.91. The SMILES string of the molecule is CCc1cccc2c1OC(=O)C2. The van der Waals surface area contributed by atoms with Gasteiger partial charge in [0.05, 0.1) is 6.42 Å². The topological polar surface area (TPSA) is 26.3 Å². The Morgan fingerprint density at radius 2 is 2.33 bits per heavy atom. The molecule has 12 heavy (non-hydrogen) atoms. The van der Waals surface area contributed by atoms with E-state index >= 15 is 0 Å².